The Morgan fingerprint density at radius 1 is 1.08 bits per heavy atom. The summed E-state index contributed by atoms with van der Waals surface area (Å²) in [6.07, 6.45) is 1.86. The molecular weight excluding hydrogens is 310 g/mol. The SMILES string of the molecule is Cc1ccc(-c2cnc([C@@H](N(C)C(=O)C(C)(C)C)C(C)(C)C)[nH]2)cc1. The minimum atomic E-state index is -0.426. The maximum Gasteiger partial charge on any atom is 0.228 e. The van der Waals surface area contributed by atoms with E-state index in [0.29, 0.717) is 0 Å². The Morgan fingerprint density at radius 3 is 2.12 bits per heavy atom. The highest BCUT2D eigenvalue weighted by Crippen LogP contribution is 2.38. The van der Waals surface area contributed by atoms with E-state index in [1.165, 1.54) is 5.56 Å². The predicted molar refractivity (Wildman–Crippen MR) is 103 cm³/mol. The van der Waals surface area contributed by atoms with Gasteiger partial charge in [-0.05, 0) is 17.9 Å². The van der Waals surface area contributed by atoms with Crippen molar-refractivity contribution in [3.63, 3.8) is 0 Å². The molecule has 0 radical (unpaired) electrons. The summed E-state index contributed by atoms with van der Waals surface area (Å²) in [4.78, 5) is 22.7. The number of nitrogens with one attached hydrogen (secondary N) is 1. The lowest BCUT2D eigenvalue weighted by Gasteiger charge is -2.39. The van der Waals surface area contributed by atoms with Gasteiger partial charge in [-0.2, -0.15) is 0 Å². The topological polar surface area (TPSA) is 49.0 Å². The Hall–Kier alpha value is -2.10. The number of benzene rings is 1. The molecule has 4 nitrogen and oxygen atoms in total. The number of rotatable bonds is 3. The first kappa shape index (κ1) is 19.2. The van der Waals surface area contributed by atoms with Crippen molar-refractivity contribution in [1.82, 2.24) is 14.9 Å². The van der Waals surface area contributed by atoms with E-state index < -0.39 is 5.41 Å². The average molecular weight is 341 g/mol. The van der Waals surface area contributed by atoms with Crippen LogP contribution in [0.1, 0.15) is 59.0 Å². The van der Waals surface area contributed by atoms with Crippen molar-refractivity contribution >= 4 is 5.91 Å². The number of aromatic nitrogens is 2. The monoisotopic (exact) mass is 341 g/mol. The third-order valence-electron chi connectivity index (χ3n) is 4.39. The minimum absolute atomic E-state index is 0.112. The predicted octanol–water partition coefficient (Wildman–Crippen LogP) is 4.98. The molecule has 1 amide bonds. The summed E-state index contributed by atoms with van der Waals surface area (Å²) in [6.45, 7) is 14.3. The lowest BCUT2D eigenvalue weighted by atomic mass is 9.83. The van der Waals surface area contributed by atoms with Crippen LogP contribution in [0.3, 0.4) is 0 Å². The molecule has 0 spiro atoms. The molecule has 25 heavy (non-hydrogen) atoms. The lowest BCUT2D eigenvalue weighted by Crippen LogP contribution is -2.44. The number of nitrogens with zero attached hydrogens (tertiary/aromatic N) is 2. The van der Waals surface area contributed by atoms with Crippen molar-refractivity contribution in [2.45, 2.75) is 54.5 Å². The number of aromatic amines is 1. The van der Waals surface area contributed by atoms with Crippen LogP contribution in [0, 0.1) is 17.8 Å². The third-order valence-corrected chi connectivity index (χ3v) is 4.39. The molecule has 2 aromatic rings. The second-order valence-corrected chi connectivity index (χ2v) is 8.98. The second-order valence-electron chi connectivity index (χ2n) is 8.98. The molecule has 1 aromatic heterocycles. The van der Waals surface area contributed by atoms with Crippen LogP contribution in [0.4, 0.5) is 0 Å². The Labute approximate surface area is 151 Å². The zero-order chi connectivity index (χ0) is 19.0. The number of hydrogen-bond acceptors (Lipinski definition) is 2. The molecule has 2 rings (SSSR count). The van der Waals surface area contributed by atoms with Crippen LogP contribution in [0.25, 0.3) is 11.3 Å². The van der Waals surface area contributed by atoms with Gasteiger partial charge in [0.15, 0.2) is 0 Å². The summed E-state index contributed by atoms with van der Waals surface area (Å²) in [5, 5.41) is 0. The number of H-pyrrole nitrogens is 1. The summed E-state index contributed by atoms with van der Waals surface area (Å²) < 4.78 is 0. The summed E-state index contributed by atoms with van der Waals surface area (Å²) in [6, 6.07) is 8.22. The van der Waals surface area contributed by atoms with Gasteiger partial charge in [0.2, 0.25) is 5.91 Å². The molecule has 0 aliphatic carbocycles. The van der Waals surface area contributed by atoms with E-state index in [0.717, 1.165) is 17.1 Å². The molecule has 0 fully saturated rings. The first-order valence-electron chi connectivity index (χ1n) is 8.80. The van der Waals surface area contributed by atoms with Crippen LogP contribution in [-0.4, -0.2) is 27.8 Å². The molecule has 136 valence electrons. The molecule has 1 heterocycles. The van der Waals surface area contributed by atoms with Crippen LogP contribution in [0.5, 0.6) is 0 Å². The van der Waals surface area contributed by atoms with Gasteiger partial charge in [0, 0.05) is 12.5 Å². The van der Waals surface area contributed by atoms with Crippen molar-refractivity contribution in [2.24, 2.45) is 10.8 Å². The molecule has 0 aliphatic heterocycles. The highest BCUT2D eigenvalue weighted by Gasteiger charge is 2.38. The van der Waals surface area contributed by atoms with Crippen molar-refractivity contribution in [2.75, 3.05) is 7.05 Å². The number of amides is 1. The van der Waals surface area contributed by atoms with E-state index in [4.69, 9.17) is 0 Å². The Morgan fingerprint density at radius 2 is 1.64 bits per heavy atom. The highest BCUT2D eigenvalue weighted by molar-refractivity contribution is 5.81. The van der Waals surface area contributed by atoms with Gasteiger partial charge in [-0.25, -0.2) is 4.98 Å². The number of imidazole rings is 1. The number of hydrogen-bond donors (Lipinski definition) is 1. The van der Waals surface area contributed by atoms with Crippen LogP contribution in [0.15, 0.2) is 30.5 Å². The lowest BCUT2D eigenvalue weighted by molar-refractivity contribution is -0.143. The third kappa shape index (κ3) is 4.30. The summed E-state index contributed by atoms with van der Waals surface area (Å²) >= 11 is 0. The summed E-state index contributed by atoms with van der Waals surface area (Å²) in [7, 11) is 1.87. The fourth-order valence-corrected chi connectivity index (χ4v) is 3.18. The molecule has 0 aliphatic rings. The number of carbonyl (C=O) groups is 1. The van der Waals surface area contributed by atoms with Gasteiger partial charge < -0.3 is 9.88 Å². The van der Waals surface area contributed by atoms with Crippen molar-refractivity contribution in [3.8, 4) is 11.3 Å². The maximum atomic E-state index is 12.8. The van der Waals surface area contributed by atoms with Gasteiger partial charge in [-0.3, -0.25) is 4.79 Å². The minimum Gasteiger partial charge on any atom is -0.340 e. The van der Waals surface area contributed by atoms with E-state index in [-0.39, 0.29) is 17.4 Å². The fourth-order valence-electron chi connectivity index (χ4n) is 3.18. The van der Waals surface area contributed by atoms with Crippen molar-refractivity contribution < 1.29 is 4.79 Å². The molecule has 0 bridgehead atoms. The Bertz CT molecular complexity index is 730. The van der Waals surface area contributed by atoms with E-state index >= 15 is 0 Å². The normalized spacial score (nSPS) is 13.6. The molecule has 0 saturated carbocycles. The molecule has 4 heteroatoms. The van der Waals surface area contributed by atoms with Crippen LogP contribution in [0.2, 0.25) is 0 Å². The largest absolute Gasteiger partial charge is 0.340 e. The standard InChI is InChI=1S/C21H31N3O/c1-14-9-11-15(12-10-14)16-13-22-18(23-16)17(20(2,3)4)24(8)19(25)21(5,6)7/h9-13,17H,1-8H3,(H,22,23)/t17-/m1/s1. The van der Waals surface area contributed by atoms with Gasteiger partial charge in [0.25, 0.3) is 0 Å². The molecule has 1 aromatic carbocycles. The number of carbonyl (C=O) groups excluding carboxylic acids is 1. The van der Waals surface area contributed by atoms with Crippen molar-refractivity contribution in [1.29, 1.82) is 0 Å². The van der Waals surface area contributed by atoms with Crippen LogP contribution >= 0.6 is 0 Å². The van der Waals surface area contributed by atoms with Crippen molar-refractivity contribution in [3.05, 3.63) is 41.9 Å². The first-order chi connectivity index (χ1) is 11.4. The molecular formula is C21H31N3O. The summed E-state index contributed by atoms with van der Waals surface area (Å²) in [5.41, 5.74) is 2.73. The van der Waals surface area contributed by atoms with Gasteiger partial charge in [-0.1, -0.05) is 71.4 Å². The van der Waals surface area contributed by atoms with Gasteiger partial charge in [0.1, 0.15) is 5.82 Å². The smallest absolute Gasteiger partial charge is 0.228 e. The van der Waals surface area contributed by atoms with E-state index in [2.05, 4.69) is 61.9 Å². The van der Waals surface area contributed by atoms with Gasteiger partial charge >= 0.3 is 0 Å². The van der Waals surface area contributed by atoms with E-state index in [1.807, 2.05) is 38.9 Å². The first-order valence-corrected chi connectivity index (χ1v) is 8.80. The Balaban J connectivity index is 2.40. The van der Waals surface area contributed by atoms with Gasteiger partial charge in [0.05, 0.1) is 17.9 Å². The zero-order valence-corrected chi connectivity index (χ0v) is 16.8. The van der Waals surface area contributed by atoms with E-state index in [1.54, 1.807) is 0 Å². The summed E-state index contributed by atoms with van der Waals surface area (Å²) in [5.74, 6) is 0.934. The Kier molecular flexibility index (Phi) is 5.12. The van der Waals surface area contributed by atoms with Gasteiger partial charge in [-0.15, -0.1) is 0 Å². The molecule has 1 atom stereocenters. The number of aryl methyl sites for hydroxylation is 1. The van der Waals surface area contributed by atoms with Crippen LogP contribution < -0.4 is 0 Å². The van der Waals surface area contributed by atoms with Crippen LogP contribution in [-0.2, 0) is 4.79 Å². The van der Waals surface area contributed by atoms with E-state index in [9.17, 15) is 4.79 Å². The fraction of sp³-hybridized carbons (Fsp3) is 0.524. The molecule has 0 unspecified atom stereocenters. The average Bonchev–Trinajstić information content (AvgIpc) is 2.94. The maximum absolute atomic E-state index is 12.8. The zero-order valence-electron chi connectivity index (χ0n) is 16.8. The molecule has 0 saturated heterocycles. The quantitative estimate of drug-likeness (QED) is 0.856. The molecule has 1 N–H and O–H groups in total. The second kappa shape index (κ2) is 6.66. The highest BCUT2D eigenvalue weighted by atomic mass is 16.2.